The summed E-state index contributed by atoms with van der Waals surface area (Å²) in [6, 6.07) is 3.70. The number of ether oxygens (including phenoxy) is 3. The van der Waals surface area contributed by atoms with Gasteiger partial charge < -0.3 is 24.4 Å². The van der Waals surface area contributed by atoms with Crippen LogP contribution in [0, 0.1) is 0 Å². The Morgan fingerprint density at radius 1 is 1.29 bits per heavy atom. The van der Waals surface area contributed by atoms with Gasteiger partial charge in [-0.2, -0.15) is 0 Å². The van der Waals surface area contributed by atoms with Crippen molar-refractivity contribution < 1.29 is 18.6 Å². The van der Waals surface area contributed by atoms with Gasteiger partial charge in [0.2, 0.25) is 0 Å². The fourth-order valence-electron chi connectivity index (χ4n) is 1.37. The summed E-state index contributed by atoms with van der Waals surface area (Å²) in [5.74, 6) is 0.771. The smallest absolute Gasteiger partial charge is 0.133 e. The van der Waals surface area contributed by atoms with Crippen molar-refractivity contribution in [2.75, 3.05) is 40.1 Å². The SMILES string of the molecule is COCCOCCCOC(CN)c1ccco1. The molecule has 0 aromatic carbocycles. The van der Waals surface area contributed by atoms with E-state index < -0.39 is 0 Å². The van der Waals surface area contributed by atoms with Crippen LogP contribution >= 0.6 is 0 Å². The summed E-state index contributed by atoms with van der Waals surface area (Å²) < 4.78 is 21.0. The van der Waals surface area contributed by atoms with E-state index >= 15 is 0 Å². The number of rotatable bonds is 10. The number of methoxy groups -OCH3 is 1. The third kappa shape index (κ3) is 5.83. The molecule has 5 nitrogen and oxygen atoms in total. The first-order chi connectivity index (χ1) is 8.38. The van der Waals surface area contributed by atoms with Crippen molar-refractivity contribution in [1.82, 2.24) is 0 Å². The van der Waals surface area contributed by atoms with Gasteiger partial charge >= 0.3 is 0 Å². The monoisotopic (exact) mass is 243 g/mol. The fourth-order valence-corrected chi connectivity index (χ4v) is 1.37. The zero-order chi connectivity index (χ0) is 12.3. The van der Waals surface area contributed by atoms with Crippen LogP contribution in [0.3, 0.4) is 0 Å². The largest absolute Gasteiger partial charge is 0.467 e. The molecule has 0 aliphatic rings. The predicted octanol–water partition coefficient (Wildman–Crippen LogP) is 1.35. The van der Waals surface area contributed by atoms with Crippen molar-refractivity contribution in [2.45, 2.75) is 12.5 Å². The van der Waals surface area contributed by atoms with Gasteiger partial charge in [-0.1, -0.05) is 0 Å². The van der Waals surface area contributed by atoms with Crippen LogP contribution in [0.15, 0.2) is 22.8 Å². The summed E-state index contributed by atoms with van der Waals surface area (Å²) >= 11 is 0. The van der Waals surface area contributed by atoms with E-state index in [4.69, 9.17) is 24.4 Å². The van der Waals surface area contributed by atoms with Crippen LogP contribution in [0.5, 0.6) is 0 Å². The first-order valence-corrected chi connectivity index (χ1v) is 5.80. The summed E-state index contributed by atoms with van der Waals surface area (Å²) in [5.41, 5.74) is 5.61. The Labute approximate surface area is 102 Å². The van der Waals surface area contributed by atoms with Crippen molar-refractivity contribution in [2.24, 2.45) is 5.73 Å². The van der Waals surface area contributed by atoms with Gasteiger partial charge in [-0.05, 0) is 18.6 Å². The maximum atomic E-state index is 5.61. The topological polar surface area (TPSA) is 66.8 Å². The van der Waals surface area contributed by atoms with Gasteiger partial charge in [0.05, 0.1) is 19.5 Å². The Morgan fingerprint density at radius 2 is 2.18 bits per heavy atom. The lowest BCUT2D eigenvalue weighted by Gasteiger charge is -2.13. The average Bonchev–Trinajstić information content (AvgIpc) is 2.86. The van der Waals surface area contributed by atoms with Crippen LogP contribution in [0.25, 0.3) is 0 Å². The van der Waals surface area contributed by atoms with E-state index in [-0.39, 0.29) is 6.10 Å². The highest BCUT2D eigenvalue weighted by molar-refractivity contribution is 5.02. The highest BCUT2D eigenvalue weighted by atomic mass is 16.5. The van der Waals surface area contributed by atoms with Crippen LogP contribution in [0.1, 0.15) is 18.3 Å². The minimum absolute atomic E-state index is 0.163. The zero-order valence-corrected chi connectivity index (χ0v) is 10.3. The number of furan rings is 1. The minimum atomic E-state index is -0.163. The second-order valence-electron chi connectivity index (χ2n) is 3.57. The van der Waals surface area contributed by atoms with E-state index in [0.29, 0.717) is 33.0 Å². The Hall–Kier alpha value is -0.880. The van der Waals surface area contributed by atoms with Gasteiger partial charge in [0.25, 0.3) is 0 Å². The van der Waals surface area contributed by atoms with Crippen LogP contribution in [-0.4, -0.2) is 40.1 Å². The van der Waals surface area contributed by atoms with Crippen LogP contribution < -0.4 is 5.73 Å². The summed E-state index contributed by atoms with van der Waals surface area (Å²) in [4.78, 5) is 0. The van der Waals surface area contributed by atoms with E-state index in [2.05, 4.69) is 0 Å². The van der Waals surface area contributed by atoms with Crippen LogP contribution in [-0.2, 0) is 14.2 Å². The van der Waals surface area contributed by atoms with Crippen molar-refractivity contribution in [3.8, 4) is 0 Å². The van der Waals surface area contributed by atoms with Crippen molar-refractivity contribution in [3.05, 3.63) is 24.2 Å². The molecule has 0 aliphatic carbocycles. The standard InChI is InChI=1S/C12H21NO4/c1-14-8-9-15-5-3-7-17-12(10-13)11-4-2-6-16-11/h2,4,6,12H,3,5,7-10,13H2,1H3. The molecular formula is C12H21NO4. The lowest BCUT2D eigenvalue weighted by molar-refractivity contribution is 0.0180. The second kappa shape index (κ2) is 9.18. The summed E-state index contributed by atoms with van der Waals surface area (Å²) in [6.07, 6.45) is 2.29. The first kappa shape index (κ1) is 14.2. The predicted molar refractivity (Wildman–Crippen MR) is 63.8 cm³/mol. The summed E-state index contributed by atoms with van der Waals surface area (Å²) in [5, 5.41) is 0. The summed E-state index contributed by atoms with van der Waals surface area (Å²) in [7, 11) is 1.65. The molecule has 1 aromatic heterocycles. The number of hydrogen-bond acceptors (Lipinski definition) is 5. The molecule has 0 aliphatic heterocycles. The first-order valence-electron chi connectivity index (χ1n) is 5.80. The molecule has 5 heteroatoms. The molecule has 0 saturated heterocycles. The maximum Gasteiger partial charge on any atom is 0.133 e. The fraction of sp³-hybridized carbons (Fsp3) is 0.667. The normalized spacial score (nSPS) is 12.8. The highest BCUT2D eigenvalue weighted by Gasteiger charge is 2.12. The molecule has 2 N–H and O–H groups in total. The van der Waals surface area contributed by atoms with Gasteiger partial charge in [0, 0.05) is 26.9 Å². The maximum absolute atomic E-state index is 5.61. The average molecular weight is 243 g/mol. The van der Waals surface area contributed by atoms with Crippen molar-refractivity contribution in [1.29, 1.82) is 0 Å². The molecule has 1 atom stereocenters. The quantitative estimate of drug-likeness (QED) is 0.628. The van der Waals surface area contributed by atoms with Crippen LogP contribution in [0.2, 0.25) is 0 Å². The van der Waals surface area contributed by atoms with Gasteiger partial charge in [0.1, 0.15) is 11.9 Å². The van der Waals surface area contributed by atoms with Gasteiger partial charge in [-0.3, -0.25) is 0 Å². The third-order valence-electron chi connectivity index (χ3n) is 2.26. The minimum Gasteiger partial charge on any atom is -0.467 e. The molecular weight excluding hydrogens is 222 g/mol. The molecule has 0 bridgehead atoms. The lowest BCUT2D eigenvalue weighted by Crippen LogP contribution is -2.16. The van der Waals surface area contributed by atoms with E-state index in [1.54, 1.807) is 13.4 Å². The van der Waals surface area contributed by atoms with Crippen LogP contribution in [0.4, 0.5) is 0 Å². The third-order valence-corrected chi connectivity index (χ3v) is 2.26. The molecule has 0 radical (unpaired) electrons. The summed E-state index contributed by atoms with van der Waals surface area (Å²) in [6.45, 7) is 2.93. The molecule has 1 unspecified atom stereocenters. The van der Waals surface area contributed by atoms with Crippen molar-refractivity contribution in [3.63, 3.8) is 0 Å². The molecule has 0 amide bonds. The Kier molecular flexibility index (Phi) is 7.66. The zero-order valence-electron chi connectivity index (χ0n) is 10.3. The van der Waals surface area contributed by atoms with Gasteiger partial charge in [-0.25, -0.2) is 0 Å². The Balaban J connectivity index is 2.04. The molecule has 1 heterocycles. The molecule has 1 aromatic rings. The number of hydrogen-bond donors (Lipinski definition) is 1. The Bertz CT molecular complexity index is 263. The van der Waals surface area contributed by atoms with E-state index in [1.165, 1.54) is 0 Å². The van der Waals surface area contributed by atoms with Gasteiger partial charge in [-0.15, -0.1) is 0 Å². The van der Waals surface area contributed by atoms with Gasteiger partial charge in [0.15, 0.2) is 0 Å². The lowest BCUT2D eigenvalue weighted by atomic mass is 10.3. The molecule has 1 rings (SSSR count). The van der Waals surface area contributed by atoms with Crippen molar-refractivity contribution >= 4 is 0 Å². The second-order valence-corrected chi connectivity index (χ2v) is 3.57. The Morgan fingerprint density at radius 3 is 2.82 bits per heavy atom. The highest BCUT2D eigenvalue weighted by Crippen LogP contribution is 2.16. The molecule has 98 valence electrons. The van der Waals surface area contributed by atoms with E-state index in [9.17, 15) is 0 Å². The molecule has 0 spiro atoms. The molecule has 17 heavy (non-hydrogen) atoms. The van der Waals surface area contributed by atoms with E-state index in [1.807, 2.05) is 12.1 Å². The number of nitrogens with two attached hydrogens (primary N) is 1. The molecule has 0 fully saturated rings. The molecule has 0 saturated carbocycles. The van der Waals surface area contributed by atoms with E-state index in [0.717, 1.165) is 12.2 Å².